The van der Waals surface area contributed by atoms with Gasteiger partial charge >= 0.3 is 0 Å². The van der Waals surface area contributed by atoms with Gasteiger partial charge in [-0.1, -0.05) is 35.4 Å². The van der Waals surface area contributed by atoms with E-state index in [0.717, 1.165) is 11.3 Å². The molecule has 0 aromatic heterocycles. The summed E-state index contributed by atoms with van der Waals surface area (Å²) >= 11 is 6.12. The second kappa shape index (κ2) is 10.6. The molecule has 1 fully saturated rings. The van der Waals surface area contributed by atoms with Crippen LogP contribution in [0.5, 0.6) is 5.75 Å². The molecule has 1 amide bonds. The van der Waals surface area contributed by atoms with Crippen LogP contribution in [0.15, 0.2) is 77.7 Å². The van der Waals surface area contributed by atoms with E-state index in [1.165, 1.54) is 23.5 Å². The van der Waals surface area contributed by atoms with Crippen molar-refractivity contribution in [3.63, 3.8) is 0 Å². The lowest BCUT2D eigenvalue weighted by molar-refractivity contribution is -0.129. The van der Waals surface area contributed by atoms with Crippen LogP contribution in [0.25, 0.3) is 0 Å². The van der Waals surface area contributed by atoms with Crippen LogP contribution in [0.3, 0.4) is 0 Å². The standard InChI is InChI=1S/C26H28ClN3O4S/c1-20-6-8-22(9-7-20)30(35(32,33)25-12-10-24(34-2)11-13-25)19-26(31)29-16-14-28(15-17-29)23-5-3-4-21(27)18-23/h3-13,18H,14-17,19H2,1-2H3. The van der Waals surface area contributed by atoms with E-state index in [4.69, 9.17) is 16.3 Å². The molecule has 0 unspecified atom stereocenters. The van der Waals surface area contributed by atoms with Crippen molar-refractivity contribution in [1.29, 1.82) is 0 Å². The van der Waals surface area contributed by atoms with Crippen molar-refractivity contribution in [3.05, 3.63) is 83.4 Å². The highest BCUT2D eigenvalue weighted by atomic mass is 35.5. The average Bonchev–Trinajstić information content (AvgIpc) is 2.88. The second-order valence-electron chi connectivity index (χ2n) is 8.37. The molecule has 0 spiro atoms. The van der Waals surface area contributed by atoms with Crippen molar-refractivity contribution < 1.29 is 17.9 Å². The third kappa shape index (κ3) is 5.71. The SMILES string of the molecule is COc1ccc(S(=O)(=O)N(CC(=O)N2CCN(c3cccc(Cl)c3)CC2)c2ccc(C)cc2)cc1. The van der Waals surface area contributed by atoms with Crippen molar-refractivity contribution in [3.8, 4) is 5.75 Å². The molecule has 0 saturated carbocycles. The summed E-state index contributed by atoms with van der Waals surface area (Å²) in [5, 5.41) is 0.665. The highest BCUT2D eigenvalue weighted by Crippen LogP contribution is 2.26. The van der Waals surface area contributed by atoms with Crippen molar-refractivity contribution in [2.24, 2.45) is 0 Å². The number of aryl methyl sites for hydroxylation is 1. The van der Waals surface area contributed by atoms with Gasteiger partial charge in [0.25, 0.3) is 10.0 Å². The minimum atomic E-state index is -3.98. The molecule has 0 bridgehead atoms. The van der Waals surface area contributed by atoms with Crippen LogP contribution < -0.4 is 13.9 Å². The Morgan fingerprint density at radius 1 is 0.971 bits per heavy atom. The van der Waals surface area contributed by atoms with Crippen LogP contribution in [-0.4, -0.2) is 59.1 Å². The molecule has 1 saturated heterocycles. The molecule has 0 N–H and O–H groups in total. The first-order valence-electron chi connectivity index (χ1n) is 11.3. The number of piperazine rings is 1. The van der Waals surface area contributed by atoms with Crippen molar-refractivity contribution in [2.75, 3.05) is 49.0 Å². The van der Waals surface area contributed by atoms with Crippen LogP contribution in [0.1, 0.15) is 5.56 Å². The molecule has 35 heavy (non-hydrogen) atoms. The Morgan fingerprint density at radius 3 is 2.23 bits per heavy atom. The number of nitrogens with zero attached hydrogens (tertiary/aromatic N) is 3. The largest absolute Gasteiger partial charge is 0.497 e. The van der Waals surface area contributed by atoms with Crippen LogP contribution in [0.4, 0.5) is 11.4 Å². The fraction of sp³-hybridized carbons (Fsp3) is 0.269. The lowest BCUT2D eigenvalue weighted by Gasteiger charge is -2.37. The van der Waals surface area contributed by atoms with E-state index in [9.17, 15) is 13.2 Å². The van der Waals surface area contributed by atoms with E-state index < -0.39 is 10.0 Å². The Hall–Kier alpha value is -3.23. The number of hydrogen-bond acceptors (Lipinski definition) is 5. The van der Waals surface area contributed by atoms with Crippen molar-refractivity contribution in [1.82, 2.24) is 4.90 Å². The minimum Gasteiger partial charge on any atom is -0.497 e. The molecule has 3 aromatic carbocycles. The number of benzene rings is 3. The van der Waals surface area contributed by atoms with Gasteiger partial charge in [0, 0.05) is 36.9 Å². The van der Waals surface area contributed by atoms with Gasteiger partial charge in [0.2, 0.25) is 5.91 Å². The van der Waals surface area contributed by atoms with E-state index in [0.29, 0.717) is 42.6 Å². The number of sulfonamides is 1. The smallest absolute Gasteiger partial charge is 0.264 e. The predicted octanol–water partition coefficient (Wildman–Crippen LogP) is 4.20. The molecule has 1 aliphatic rings. The number of hydrogen-bond donors (Lipinski definition) is 0. The molecule has 0 atom stereocenters. The zero-order valence-electron chi connectivity index (χ0n) is 19.7. The highest BCUT2D eigenvalue weighted by molar-refractivity contribution is 7.92. The Bertz CT molecular complexity index is 1270. The molecule has 1 heterocycles. The maximum atomic E-state index is 13.6. The van der Waals surface area contributed by atoms with Gasteiger partial charge < -0.3 is 14.5 Å². The third-order valence-corrected chi connectivity index (χ3v) is 8.08. The third-order valence-electron chi connectivity index (χ3n) is 6.05. The first-order valence-corrected chi connectivity index (χ1v) is 13.1. The van der Waals surface area contributed by atoms with Crippen molar-refractivity contribution >= 4 is 38.9 Å². The molecule has 3 aromatic rings. The summed E-state index contributed by atoms with van der Waals surface area (Å²) in [4.78, 5) is 17.3. The summed E-state index contributed by atoms with van der Waals surface area (Å²) in [5.74, 6) is 0.313. The lowest BCUT2D eigenvalue weighted by atomic mass is 10.2. The normalized spacial score (nSPS) is 14.0. The molecule has 9 heteroatoms. The number of rotatable bonds is 7. The molecule has 4 rings (SSSR count). The summed E-state index contributed by atoms with van der Waals surface area (Å²) in [6, 6.07) is 20.9. The first kappa shape index (κ1) is 24.9. The number of carbonyl (C=O) groups is 1. The molecule has 1 aliphatic heterocycles. The van der Waals surface area contributed by atoms with Gasteiger partial charge in [-0.25, -0.2) is 8.42 Å². The lowest BCUT2D eigenvalue weighted by Crippen LogP contribution is -2.52. The fourth-order valence-corrected chi connectivity index (χ4v) is 5.61. The van der Waals surface area contributed by atoms with Crippen LogP contribution in [-0.2, 0) is 14.8 Å². The summed E-state index contributed by atoms with van der Waals surface area (Å²) < 4.78 is 33.5. The monoisotopic (exact) mass is 513 g/mol. The van der Waals surface area contributed by atoms with Gasteiger partial charge in [0.05, 0.1) is 17.7 Å². The maximum absolute atomic E-state index is 13.6. The van der Waals surface area contributed by atoms with Gasteiger partial charge in [-0.3, -0.25) is 9.10 Å². The number of halogens is 1. The quantitative estimate of drug-likeness (QED) is 0.473. The Kier molecular flexibility index (Phi) is 7.52. The molecule has 0 radical (unpaired) electrons. The number of methoxy groups -OCH3 is 1. The number of ether oxygens (including phenoxy) is 1. The summed E-state index contributed by atoms with van der Waals surface area (Å²) in [5.41, 5.74) is 2.45. The fourth-order valence-electron chi connectivity index (χ4n) is 4.01. The van der Waals surface area contributed by atoms with Gasteiger partial charge in [0.1, 0.15) is 12.3 Å². The number of anilines is 2. The minimum absolute atomic E-state index is 0.0949. The Morgan fingerprint density at radius 2 is 1.63 bits per heavy atom. The zero-order chi connectivity index (χ0) is 25.0. The predicted molar refractivity (Wildman–Crippen MR) is 139 cm³/mol. The molecule has 7 nitrogen and oxygen atoms in total. The summed E-state index contributed by atoms with van der Waals surface area (Å²) in [6.45, 7) is 3.92. The Labute approximate surface area is 211 Å². The summed E-state index contributed by atoms with van der Waals surface area (Å²) in [7, 11) is -2.46. The molecule has 184 valence electrons. The van der Waals surface area contributed by atoms with E-state index in [1.54, 1.807) is 29.2 Å². The number of amides is 1. The van der Waals surface area contributed by atoms with E-state index in [2.05, 4.69) is 4.90 Å². The Balaban J connectivity index is 1.53. The average molecular weight is 514 g/mol. The van der Waals surface area contributed by atoms with Crippen LogP contribution >= 0.6 is 11.6 Å². The zero-order valence-corrected chi connectivity index (χ0v) is 21.3. The van der Waals surface area contributed by atoms with Crippen LogP contribution in [0.2, 0.25) is 5.02 Å². The topological polar surface area (TPSA) is 70.2 Å². The van der Waals surface area contributed by atoms with E-state index >= 15 is 0 Å². The van der Waals surface area contributed by atoms with Gasteiger partial charge in [-0.2, -0.15) is 0 Å². The number of carbonyl (C=O) groups excluding carboxylic acids is 1. The highest BCUT2D eigenvalue weighted by Gasteiger charge is 2.30. The van der Waals surface area contributed by atoms with E-state index in [1.807, 2.05) is 43.3 Å². The van der Waals surface area contributed by atoms with E-state index in [-0.39, 0.29) is 17.3 Å². The van der Waals surface area contributed by atoms with Gasteiger partial charge in [-0.05, 0) is 61.5 Å². The van der Waals surface area contributed by atoms with Gasteiger partial charge in [0.15, 0.2) is 0 Å². The van der Waals surface area contributed by atoms with Gasteiger partial charge in [-0.15, -0.1) is 0 Å². The second-order valence-corrected chi connectivity index (χ2v) is 10.7. The molecular weight excluding hydrogens is 486 g/mol. The van der Waals surface area contributed by atoms with Crippen LogP contribution in [0, 0.1) is 6.92 Å². The summed E-state index contributed by atoms with van der Waals surface area (Å²) in [6.07, 6.45) is 0. The van der Waals surface area contributed by atoms with Crippen molar-refractivity contribution in [2.45, 2.75) is 11.8 Å². The molecular formula is C26H28ClN3O4S. The first-order chi connectivity index (χ1) is 16.8. The molecule has 0 aliphatic carbocycles. The maximum Gasteiger partial charge on any atom is 0.264 e.